The Hall–Kier alpha value is -1.02. The third-order valence-corrected chi connectivity index (χ3v) is 5.06. The van der Waals surface area contributed by atoms with Crippen LogP contribution in [0.4, 0.5) is 5.69 Å². The first-order valence-electron chi connectivity index (χ1n) is 5.11. The van der Waals surface area contributed by atoms with Crippen molar-refractivity contribution in [3.63, 3.8) is 0 Å². The van der Waals surface area contributed by atoms with E-state index in [0.29, 0.717) is 0 Å². The van der Waals surface area contributed by atoms with E-state index in [2.05, 4.69) is 5.32 Å². The van der Waals surface area contributed by atoms with Crippen LogP contribution in [-0.4, -0.2) is 39.3 Å². The summed E-state index contributed by atoms with van der Waals surface area (Å²) in [7, 11) is -1.30. The largest absolute Gasteiger partial charge is 0.399 e. The molecule has 0 aliphatic carbocycles. The van der Waals surface area contributed by atoms with Gasteiger partial charge in [0.25, 0.3) is 0 Å². The summed E-state index contributed by atoms with van der Waals surface area (Å²) in [6.45, 7) is -0.337. The van der Waals surface area contributed by atoms with Crippen LogP contribution in [0.15, 0.2) is 17.0 Å². The van der Waals surface area contributed by atoms with Crippen molar-refractivity contribution < 1.29 is 13.2 Å². The molecule has 0 aliphatic heterocycles. The third-order valence-electron chi connectivity index (χ3n) is 2.33. The van der Waals surface area contributed by atoms with Crippen molar-refractivity contribution >= 4 is 44.8 Å². The summed E-state index contributed by atoms with van der Waals surface area (Å²) in [5.41, 5.74) is 5.76. The van der Waals surface area contributed by atoms with Crippen molar-refractivity contribution in [1.29, 1.82) is 0 Å². The van der Waals surface area contributed by atoms with Crippen LogP contribution >= 0.6 is 23.2 Å². The molecule has 0 radical (unpaired) electrons. The minimum atomic E-state index is -3.97. The molecule has 6 nitrogen and oxygen atoms in total. The van der Waals surface area contributed by atoms with Crippen LogP contribution in [0.2, 0.25) is 10.0 Å². The number of nitrogens with two attached hydrogens (primary N) is 1. The number of carbonyl (C=O) groups excluding carboxylic acids is 1. The van der Waals surface area contributed by atoms with Crippen molar-refractivity contribution in [2.45, 2.75) is 4.90 Å². The molecule has 19 heavy (non-hydrogen) atoms. The van der Waals surface area contributed by atoms with Crippen LogP contribution in [0.3, 0.4) is 0 Å². The van der Waals surface area contributed by atoms with E-state index in [9.17, 15) is 13.2 Å². The van der Waals surface area contributed by atoms with Gasteiger partial charge in [-0.05, 0) is 12.1 Å². The molecule has 106 valence electrons. The maximum atomic E-state index is 12.3. The Morgan fingerprint density at radius 2 is 1.84 bits per heavy atom. The van der Waals surface area contributed by atoms with Gasteiger partial charge in [0, 0.05) is 19.8 Å². The predicted molar refractivity (Wildman–Crippen MR) is 74.8 cm³/mol. The van der Waals surface area contributed by atoms with E-state index in [4.69, 9.17) is 28.9 Å². The van der Waals surface area contributed by atoms with E-state index >= 15 is 0 Å². The van der Waals surface area contributed by atoms with Gasteiger partial charge >= 0.3 is 0 Å². The monoisotopic (exact) mass is 325 g/mol. The third kappa shape index (κ3) is 3.50. The number of sulfonamides is 1. The van der Waals surface area contributed by atoms with E-state index in [1.54, 1.807) is 0 Å². The SMILES string of the molecule is CNC(=O)CN(C)S(=O)(=O)c1c(Cl)cc(N)cc1Cl. The molecule has 0 unspecified atom stereocenters. The fourth-order valence-electron chi connectivity index (χ4n) is 1.35. The number of rotatable bonds is 4. The summed E-state index contributed by atoms with van der Waals surface area (Å²) in [4.78, 5) is 11.0. The first-order valence-corrected chi connectivity index (χ1v) is 7.31. The summed E-state index contributed by atoms with van der Waals surface area (Å²) in [5, 5.41) is 2.15. The number of amides is 1. The average Bonchev–Trinajstić information content (AvgIpc) is 2.26. The summed E-state index contributed by atoms with van der Waals surface area (Å²) < 4.78 is 25.4. The number of nitrogen functional groups attached to an aromatic ring is 1. The van der Waals surface area contributed by atoms with Gasteiger partial charge in [-0.3, -0.25) is 4.79 Å². The number of anilines is 1. The number of carbonyl (C=O) groups is 1. The van der Waals surface area contributed by atoms with Crippen molar-refractivity contribution in [1.82, 2.24) is 9.62 Å². The molecule has 0 saturated carbocycles. The average molecular weight is 326 g/mol. The van der Waals surface area contributed by atoms with Crippen LogP contribution in [0.25, 0.3) is 0 Å². The molecular weight excluding hydrogens is 313 g/mol. The lowest BCUT2D eigenvalue weighted by atomic mass is 10.3. The lowest BCUT2D eigenvalue weighted by Gasteiger charge is -2.18. The molecule has 1 aromatic carbocycles. The van der Waals surface area contributed by atoms with Gasteiger partial charge in [-0.2, -0.15) is 4.31 Å². The molecule has 0 bridgehead atoms. The Kier molecular flexibility index (Phi) is 5.03. The summed E-state index contributed by atoms with van der Waals surface area (Å²) >= 11 is 11.7. The molecule has 0 fully saturated rings. The second kappa shape index (κ2) is 5.96. The molecule has 0 spiro atoms. The van der Waals surface area contributed by atoms with Crippen LogP contribution in [0.5, 0.6) is 0 Å². The maximum Gasteiger partial charge on any atom is 0.246 e. The highest BCUT2D eigenvalue weighted by Gasteiger charge is 2.28. The quantitative estimate of drug-likeness (QED) is 0.806. The van der Waals surface area contributed by atoms with E-state index in [-0.39, 0.29) is 27.2 Å². The molecule has 0 atom stereocenters. The highest BCUT2D eigenvalue weighted by molar-refractivity contribution is 7.89. The van der Waals surface area contributed by atoms with Gasteiger partial charge in [0.1, 0.15) is 4.90 Å². The zero-order chi connectivity index (χ0) is 14.8. The Bertz CT molecular complexity index is 581. The van der Waals surface area contributed by atoms with Gasteiger partial charge in [-0.15, -0.1) is 0 Å². The Balaban J connectivity index is 3.24. The van der Waals surface area contributed by atoms with Crippen molar-refractivity contribution in [3.8, 4) is 0 Å². The number of likely N-dealkylation sites (N-methyl/N-ethyl adjacent to an activating group) is 2. The van der Waals surface area contributed by atoms with Gasteiger partial charge in [-0.1, -0.05) is 23.2 Å². The number of halogens is 2. The van der Waals surface area contributed by atoms with Gasteiger partial charge in [-0.25, -0.2) is 8.42 Å². The Morgan fingerprint density at radius 3 is 2.26 bits per heavy atom. The highest BCUT2D eigenvalue weighted by Crippen LogP contribution is 2.33. The van der Waals surface area contributed by atoms with Crippen LogP contribution in [0.1, 0.15) is 0 Å². The Labute approximate surface area is 121 Å². The standard InChI is InChI=1S/C10H13Cl2N3O3S/c1-14-9(16)5-15(2)19(17,18)10-7(11)3-6(13)4-8(10)12/h3-4H,5,13H2,1-2H3,(H,14,16). The van der Waals surface area contributed by atoms with Gasteiger partial charge < -0.3 is 11.1 Å². The minimum Gasteiger partial charge on any atom is -0.399 e. The molecular formula is C10H13Cl2N3O3S. The molecule has 9 heteroatoms. The lowest BCUT2D eigenvalue weighted by molar-refractivity contribution is -0.120. The molecule has 0 aromatic heterocycles. The van der Waals surface area contributed by atoms with Crippen molar-refractivity contribution in [3.05, 3.63) is 22.2 Å². The second-order valence-electron chi connectivity index (χ2n) is 3.75. The number of benzene rings is 1. The normalized spacial score (nSPS) is 11.6. The van der Waals surface area contributed by atoms with Gasteiger partial charge in [0.05, 0.1) is 16.6 Å². The van der Waals surface area contributed by atoms with Crippen LogP contribution in [-0.2, 0) is 14.8 Å². The number of nitrogens with zero attached hydrogens (tertiary/aromatic N) is 1. The molecule has 0 aliphatic rings. The van der Waals surface area contributed by atoms with E-state index < -0.39 is 15.9 Å². The highest BCUT2D eigenvalue weighted by atomic mass is 35.5. The maximum absolute atomic E-state index is 12.3. The Morgan fingerprint density at radius 1 is 1.37 bits per heavy atom. The minimum absolute atomic E-state index is 0.0891. The number of nitrogens with one attached hydrogen (secondary N) is 1. The summed E-state index contributed by atoms with van der Waals surface area (Å²) in [6, 6.07) is 2.57. The molecule has 0 saturated heterocycles. The fourth-order valence-corrected chi connectivity index (χ4v) is 3.65. The molecule has 1 rings (SSSR count). The molecule has 3 N–H and O–H groups in total. The molecule has 1 aromatic rings. The van der Waals surface area contributed by atoms with Crippen molar-refractivity contribution in [2.24, 2.45) is 0 Å². The van der Waals surface area contributed by atoms with E-state index in [1.165, 1.54) is 26.2 Å². The number of hydrogen-bond donors (Lipinski definition) is 2. The van der Waals surface area contributed by atoms with Gasteiger partial charge in [0.15, 0.2) is 0 Å². The second-order valence-corrected chi connectivity index (χ2v) is 6.54. The molecule has 1 amide bonds. The first-order chi connectivity index (χ1) is 8.70. The van der Waals surface area contributed by atoms with Crippen LogP contribution < -0.4 is 11.1 Å². The van der Waals surface area contributed by atoms with Crippen molar-refractivity contribution in [2.75, 3.05) is 26.4 Å². The lowest BCUT2D eigenvalue weighted by Crippen LogP contribution is -2.37. The zero-order valence-corrected chi connectivity index (χ0v) is 12.6. The molecule has 0 heterocycles. The summed E-state index contributed by atoms with van der Waals surface area (Å²) in [5.74, 6) is -0.450. The fraction of sp³-hybridized carbons (Fsp3) is 0.300. The number of hydrogen-bond acceptors (Lipinski definition) is 4. The first kappa shape index (κ1) is 16.0. The van der Waals surface area contributed by atoms with E-state index in [0.717, 1.165) is 4.31 Å². The van der Waals surface area contributed by atoms with Gasteiger partial charge in [0.2, 0.25) is 15.9 Å². The smallest absolute Gasteiger partial charge is 0.246 e. The topological polar surface area (TPSA) is 92.5 Å². The van der Waals surface area contributed by atoms with Crippen LogP contribution in [0, 0.1) is 0 Å². The summed E-state index contributed by atoms with van der Waals surface area (Å²) in [6.07, 6.45) is 0. The predicted octanol–water partition coefficient (Wildman–Crippen LogP) is 0.942. The zero-order valence-electron chi connectivity index (χ0n) is 10.3. The van der Waals surface area contributed by atoms with E-state index in [1.807, 2.05) is 0 Å².